The summed E-state index contributed by atoms with van der Waals surface area (Å²) in [5, 5.41) is 0. The first-order chi connectivity index (χ1) is 5.25. The van der Waals surface area contributed by atoms with Gasteiger partial charge in [-0.25, -0.2) is 0 Å². The predicted molar refractivity (Wildman–Crippen MR) is 45.7 cm³/mol. The van der Waals surface area contributed by atoms with Gasteiger partial charge in [-0.3, -0.25) is 9.59 Å². The van der Waals surface area contributed by atoms with Crippen molar-refractivity contribution < 1.29 is 9.59 Å². The summed E-state index contributed by atoms with van der Waals surface area (Å²) in [6.45, 7) is 1.82. The van der Waals surface area contributed by atoms with Gasteiger partial charge in [-0.15, -0.1) is 0 Å². The Morgan fingerprint density at radius 2 is 2.45 bits per heavy atom. The Balaban J connectivity index is 2.54. The van der Waals surface area contributed by atoms with Gasteiger partial charge in [0.25, 0.3) is 0 Å². The van der Waals surface area contributed by atoms with Gasteiger partial charge in [0, 0.05) is 6.42 Å². The fraction of sp³-hybridized carbons (Fsp3) is 0.750. The number of carbonyl (C=O) groups is 2. The van der Waals surface area contributed by atoms with Crippen LogP contribution < -0.4 is 0 Å². The molecule has 1 atom stereocenters. The molecule has 0 aliphatic carbocycles. The Morgan fingerprint density at radius 1 is 1.73 bits per heavy atom. The van der Waals surface area contributed by atoms with Gasteiger partial charge < -0.3 is 0 Å². The molecule has 2 nitrogen and oxygen atoms in total. The first-order valence-electron chi connectivity index (χ1n) is 3.89. The molecule has 1 aliphatic heterocycles. The van der Waals surface area contributed by atoms with Crippen molar-refractivity contribution in [2.24, 2.45) is 5.92 Å². The molecule has 0 amide bonds. The van der Waals surface area contributed by atoms with E-state index in [0.29, 0.717) is 12.2 Å². The lowest BCUT2D eigenvalue weighted by molar-refractivity contribution is -0.131. The average molecular weight is 172 g/mol. The molecule has 1 heterocycles. The Kier molecular flexibility index (Phi) is 3.12. The van der Waals surface area contributed by atoms with E-state index in [-0.39, 0.29) is 17.5 Å². The predicted octanol–water partition coefficient (Wildman–Crippen LogP) is 1.29. The third-order valence-electron chi connectivity index (χ3n) is 1.92. The summed E-state index contributed by atoms with van der Waals surface area (Å²) in [7, 11) is 0. The summed E-state index contributed by atoms with van der Waals surface area (Å²) in [5.74, 6) is 1.49. The molecule has 62 valence electrons. The summed E-state index contributed by atoms with van der Waals surface area (Å²) >= 11 is 1.63. The van der Waals surface area contributed by atoms with Crippen molar-refractivity contribution in [3.63, 3.8) is 0 Å². The number of thioether (sulfide) groups is 1. The van der Waals surface area contributed by atoms with Crippen LogP contribution in [0.5, 0.6) is 0 Å². The van der Waals surface area contributed by atoms with Crippen LogP contribution in [-0.2, 0) is 9.59 Å². The molecule has 1 rings (SSSR count). The minimum absolute atomic E-state index is 0.121. The minimum atomic E-state index is -0.263. The average Bonchev–Trinajstić information content (AvgIpc) is 2.04. The lowest BCUT2D eigenvalue weighted by Gasteiger charge is -2.17. The van der Waals surface area contributed by atoms with Crippen LogP contribution in [0.15, 0.2) is 0 Å². The van der Waals surface area contributed by atoms with Gasteiger partial charge in [0.15, 0.2) is 5.78 Å². The highest BCUT2D eigenvalue weighted by Gasteiger charge is 2.27. The molecule has 0 bridgehead atoms. The van der Waals surface area contributed by atoms with Gasteiger partial charge in [-0.05, 0) is 12.2 Å². The first kappa shape index (κ1) is 8.78. The van der Waals surface area contributed by atoms with Gasteiger partial charge in [-0.2, -0.15) is 11.8 Å². The molecule has 1 aliphatic rings. The van der Waals surface area contributed by atoms with Gasteiger partial charge in [0.1, 0.15) is 5.78 Å². The fourth-order valence-corrected chi connectivity index (χ4v) is 2.17. The summed E-state index contributed by atoms with van der Waals surface area (Å²) in [6, 6.07) is 0. The molecule has 0 spiro atoms. The normalized spacial score (nSPS) is 25.2. The highest BCUT2D eigenvalue weighted by atomic mass is 32.2. The van der Waals surface area contributed by atoms with Crippen LogP contribution in [0.4, 0.5) is 0 Å². The standard InChI is InChI=1S/C8H12O2S/c1-2-7(9)6-3-4-11-5-8(6)10/h6H,2-5H2,1H3. The number of rotatable bonds is 2. The van der Waals surface area contributed by atoms with Crippen LogP contribution in [0.25, 0.3) is 0 Å². The maximum Gasteiger partial charge on any atom is 0.153 e. The van der Waals surface area contributed by atoms with Gasteiger partial charge in [0.2, 0.25) is 0 Å². The van der Waals surface area contributed by atoms with Crippen LogP contribution >= 0.6 is 11.8 Å². The minimum Gasteiger partial charge on any atom is -0.299 e. The van der Waals surface area contributed by atoms with E-state index in [2.05, 4.69) is 0 Å². The maximum atomic E-state index is 11.2. The monoisotopic (exact) mass is 172 g/mol. The molecule has 3 heteroatoms. The summed E-state index contributed by atoms with van der Waals surface area (Å²) in [5.41, 5.74) is 0. The van der Waals surface area contributed by atoms with Gasteiger partial charge in [-0.1, -0.05) is 6.92 Å². The number of Topliss-reactive ketones (excluding diaryl/α,β-unsaturated/α-hetero) is 2. The van der Waals surface area contributed by atoms with Crippen molar-refractivity contribution in [2.75, 3.05) is 11.5 Å². The van der Waals surface area contributed by atoms with E-state index in [9.17, 15) is 9.59 Å². The zero-order valence-corrected chi connectivity index (χ0v) is 7.45. The zero-order chi connectivity index (χ0) is 8.27. The highest BCUT2D eigenvalue weighted by Crippen LogP contribution is 2.21. The van der Waals surface area contributed by atoms with E-state index in [4.69, 9.17) is 0 Å². The number of carbonyl (C=O) groups excluding carboxylic acids is 2. The van der Waals surface area contributed by atoms with Crippen LogP contribution in [-0.4, -0.2) is 23.1 Å². The van der Waals surface area contributed by atoms with Gasteiger partial charge in [0.05, 0.1) is 11.7 Å². The number of ketones is 2. The molecule has 1 saturated heterocycles. The van der Waals surface area contributed by atoms with Crippen molar-refractivity contribution in [3.05, 3.63) is 0 Å². The van der Waals surface area contributed by atoms with Crippen molar-refractivity contribution in [3.8, 4) is 0 Å². The quantitative estimate of drug-likeness (QED) is 0.588. The van der Waals surface area contributed by atoms with Gasteiger partial charge >= 0.3 is 0 Å². The SMILES string of the molecule is CCC(=O)C1CCSCC1=O. The second kappa shape index (κ2) is 3.90. The Morgan fingerprint density at radius 3 is 3.00 bits per heavy atom. The maximum absolute atomic E-state index is 11.2. The van der Waals surface area contributed by atoms with Crippen LogP contribution in [0.2, 0.25) is 0 Å². The Bertz CT molecular complexity index is 169. The van der Waals surface area contributed by atoms with Crippen molar-refractivity contribution in [2.45, 2.75) is 19.8 Å². The van der Waals surface area contributed by atoms with Crippen LogP contribution in [0.3, 0.4) is 0 Å². The molecule has 1 fully saturated rings. The Hall–Kier alpha value is -0.310. The fourth-order valence-electron chi connectivity index (χ4n) is 1.22. The molecular weight excluding hydrogens is 160 g/mol. The van der Waals surface area contributed by atoms with E-state index >= 15 is 0 Å². The summed E-state index contributed by atoms with van der Waals surface area (Å²) in [6.07, 6.45) is 1.26. The van der Waals surface area contributed by atoms with E-state index in [1.807, 2.05) is 6.92 Å². The smallest absolute Gasteiger partial charge is 0.153 e. The number of hydrogen-bond acceptors (Lipinski definition) is 3. The molecule has 0 aromatic heterocycles. The van der Waals surface area contributed by atoms with Crippen LogP contribution in [0.1, 0.15) is 19.8 Å². The lowest BCUT2D eigenvalue weighted by Crippen LogP contribution is -2.29. The Labute approximate surface area is 70.7 Å². The van der Waals surface area contributed by atoms with E-state index in [0.717, 1.165) is 12.2 Å². The lowest BCUT2D eigenvalue weighted by atomic mass is 9.95. The number of hydrogen-bond donors (Lipinski definition) is 0. The van der Waals surface area contributed by atoms with Crippen LogP contribution in [0, 0.1) is 5.92 Å². The summed E-state index contributed by atoms with van der Waals surface area (Å²) in [4.78, 5) is 22.3. The molecule has 11 heavy (non-hydrogen) atoms. The third-order valence-corrected chi connectivity index (χ3v) is 2.93. The second-order valence-electron chi connectivity index (χ2n) is 2.68. The molecule has 1 unspecified atom stereocenters. The van der Waals surface area contributed by atoms with Crippen molar-refractivity contribution >= 4 is 23.3 Å². The molecule has 0 radical (unpaired) electrons. The van der Waals surface area contributed by atoms with E-state index in [1.165, 1.54) is 0 Å². The van der Waals surface area contributed by atoms with E-state index in [1.54, 1.807) is 11.8 Å². The molecular formula is C8H12O2S. The van der Waals surface area contributed by atoms with E-state index < -0.39 is 0 Å². The second-order valence-corrected chi connectivity index (χ2v) is 3.79. The van der Waals surface area contributed by atoms with Crippen molar-refractivity contribution in [1.29, 1.82) is 0 Å². The first-order valence-corrected chi connectivity index (χ1v) is 5.04. The third kappa shape index (κ3) is 2.06. The highest BCUT2D eigenvalue weighted by molar-refractivity contribution is 8.00. The topological polar surface area (TPSA) is 34.1 Å². The summed E-state index contributed by atoms with van der Waals surface area (Å²) < 4.78 is 0. The largest absolute Gasteiger partial charge is 0.299 e. The zero-order valence-electron chi connectivity index (χ0n) is 6.63. The molecule has 0 saturated carbocycles. The molecule has 0 aromatic carbocycles. The van der Waals surface area contributed by atoms with Crippen molar-refractivity contribution in [1.82, 2.24) is 0 Å². The molecule has 0 N–H and O–H groups in total. The molecule has 0 aromatic rings.